The summed E-state index contributed by atoms with van der Waals surface area (Å²) in [6, 6.07) is 25.6. The molecular weight excluding hydrogens is 426 g/mol. The highest BCUT2D eigenvalue weighted by Gasteiger charge is 2.41. The number of aliphatic hydroxyl groups excluding tert-OH is 1. The third kappa shape index (κ3) is 3.85. The monoisotopic (exact) mass is 447 g/mol. The number of nitrogens with zero attached hydrogens (tertiary/aromatic N) is 1. The van der Waals surface area contributed by atoms with Crippen molar-refractivity contribution in [1.82, 2.24) is 4.90 Å². The van der Waals surface area contributed by atoms with Gasteiger partial charge in [0, 0.05) is 16.6 Å². The van der Waals surface area contributed by atoms with Crippen LogP contribution in [0.5, 0.6) is 0 Å². The van der Waals surface area contributed by atoms with Crippen LogP contribution in [0.1, 0.15) is 28.3 Å². The second-order valence-corrected chi connectivity index (χ2v) is 8.14. The molecule has 0 aliphatic carbocycles. The molecule has 3 aromatic rings. The molecule has 0 saturated carbocycles. The summed E-state index contributed by atoms with van der Waals surface area (Å²) in [5.74, 6) is -0.486. The van der Waals surface area contributed by atoms with E-state index in [1.165, 1.54) is 0 Å². The minimum atomic E-state index is -0.343. The summed E-state index contributed by atoms with van der Waals surface area (Å²) in [6.45, 7) is 2.55. The summed E-state index contributed by atoms with van der Waals surface area (Å²) in [5.41, 5.74) is 4.79. The van der Waals surface area contributed by atoms with Crippen LogP contribution in [0.3, 0.4) is 0 Å². The molecule has 0 saturated heterocycles. The summed E-state index contributed by atoms with van der Waals surface area (Å²) < 4.78 is 0.918. The number of aryl methyl sites for hydroxylation is 1. The van der Waals surface area contributed by atoms with Crippen LogP contribution in [-0.4, -0.2) is 22.5 Å². The molecule has 0 fully saturated rings. The van der Waals surface area contributed by atoms with Crippen LogP contribution in [0.2, 0.25) is 0 Å². The Kier molecular flexibility index (Phi) is 5.54. The van der Waals surface area contributed by atoms with Gasteiger partial charge in [0.05, 0.1) is 6.04 Å². The second kappa shape index (κ2) is 8.26. The highest BCUT2D eigenvalue weighted by molar-refractivity contribution is 9.10. The summed E-state index contributed by atoms with van der Waals surface area (Å²) in [6.07, 6.45) is 0.724. The fraction of sp³-hybridized carbons (Fsp3) is 0.160. The zero-order valence-corrected chi connectivity index (χ0v) is 17.8. The number of halogens is 1. The number of hydrogen-bond acceptors (Lipinski definition) is 2. The molecule has 0 bridgehead atoms. The van der Waals surface area contributed by atoms with Crippen LogP contribution < -0.4 is 0 Å². The van der Waals surface area contributed by atoms with E-state index in [9.17, 15) is 9.90 Å². The third-order valence-corrected chi connectivity index (χ3v) is 6.07. The van der Waals surface area contributed by atoms with Gasteiger partial charge < -0.3 is 10.0 Å². The number of benzene rings is 3. The lowest BCUT2D eigenvalue weighted by molar-refractivity contribution is -0.129. The predicted octanol–water partition coefficient (Wildman–Crippen LogP) is 5.85. The van der Waals surface area contributed by atoms with Crippen molar-refractivity contribution >= 4 is 27.4 Å². The normalized spacial score (nSPS) is 16.6. The zero-order chi connectivity index (χ0) is 20.4. The topological polar surface area (TPSA) is 40.5 Å². The van der Waals surface area contributed by atoms with Crippen molar-refractivity contribution in [2.75, 3.05) is 6.54 Å². The Hall–Kier alpha value is -2.85. The minimum absolute atomic E-state index is 0.164. The van der Waals surface area contributed by atoms with E-state index in [4.69, 9.17) is 0 Å². The third-order valence-electron chi connectivity index (χ3n) is 5.35. The van der Waals surface area contributed by atoms with Gasteiger partial charge in [0.1, 0.15) is 0 Å². The Bertz CT molecular complexity index is 1060. The van der Waals surface area contributed by atoms with E-state index in [1.54, 1.807) is 4.90 Å². The van der Waals surface area contributed by atoms with Crippen molar-refractivity contribution < 1.29 is 9.90 Å². The smallest absolute Gasteiger partial charge is 0.289 e. The van der Waals surface area contributed by atoms with E-state index in [1.807, 2.05) is 73.7 Å². The first-order valence-electron chi connectivity index (χ1n) is 9.66. The summed E-state index contributed by atoms with van der Waals surface area (Å²) in [5, 5.41) is 10.8. The quantitative estimate of drug-likeness (QED) is 0.532. The first kappa shape index (κ1) is 19.5. The van der Waals surface area contributed by atoms with E-state index in [0.29, 0.717) is 12.1 Å². The Labute approximate surface area is 179 Å². The van der Waals surface area contributed by atoms with E-state index in [-0.39, 0.29) is 17.7 Å². The van der Waals surface area contributed by atoms with Crippen molar-refractivity contribution in [2.24, 2.45) is 0 Å². The molecule has 4 heteroatoms. The molecule has 1 aliphatic heterocycles. The van der Waals surface area contributed by atoms with Gasteiger partial charge in [0.25, 0.3) is 5.91 Å². The molecule has 0 aromatic heterocycles. The molecule has 3 nitrogen and oxygen atoms in total. The van der Waals surface area contributed by atoms with Crippen LogP contribution >= 0.6 is 15.9 Å². The molecule has 1 N–H and O–H groups in total. The van der Waals surface area contributed by atoms with Crippen LogP contribution in [-0.2, 0) is 11.2 Å². The number of carbonyl (C=O) groups is 1. The first-order chi connectivity index (χ1) is 14.1. The molecule has 1 heterocycles. The average molecular weight is 448 g/mol. The molecule has 29 heavy (non-hydrogen) atoms. The Morgan fingerprint density at radius 3 is 2.28 bits per heavy atom. The van der Waals surface area contributed by atoms with Gasteiger partial charge in [-0.2, -0.15) is 0 Å². The fourth-order valence-corrected chi connectivity index (χ4v) is 4.33. The van der Waals surface area contributed by atoms with Crippen molar-refractivity contribution in [3.8, 4) is 0 Å². The molecule has 1 amide bonds. The van der Waals surface area contributed by atoms with Gasteiger partial charge in [-0.3, -0.25) is 4.79 Å². The fourth-order valence-electron chi connectivity index (χ4n) is 3.83. The molecule has 1 atom stereocenters. The maximum absolute atomic E-state index is 13.1. The lowest BCUT2D eigenvalue weighted by Crippen LogP contribution is -2.32. The summed E-state index contributed by atoms with van der Waals surface area (Å²) in [7, 11) is 0. The van der Waals surface area contributed by atoms with E-state index < -0.39 is 0 Å². The van der Waals surface area contributed by atoms with Gasteiger partial charge in [0.15, 0.2) is 5.76 Å². The molecule has 1 aliphatic rings. The number of amides is 1. The van der Waals surface area contributed by atoms with E-state index >= 15 is 0 Å². The lowest BCUT2D eigenvalue weighted by atomic mass is 9.93. The highest BCUT2D eigenvalue weighted by Crippen LogP contribution is 2.45. The number of rotatable bonds is 5. The largest absolute Gasteiger partial charge is 0.503 e. The number of aliphatic hydroxyl groups is 1. The number of carbonyl (C=O) groups excluding carboxylic acids is 1. The highest BCUT2D eigenvalue weighted by atomic mass is 79.9. The van der Waals surface area contributed by atoms with Crippen LogP contribution in [0, 0.1) is 6.92 Å². The lowest BCUT2D eigenvalue weighted by Gasteiger charge is -2.28. The van der Waals surface area contributed by atoms with Crippen molar-refractivity contribution in [3.63, 3.8) is 0 Å². The number of hydrogen-bond donors (Lipinski definition) is 1. The van der Waals surface area contributed by atoms with Gasteiger partial charge >= 0.3 is 0 Å². The molecule has 0 spiro atoms. The molecular formula is C25H22BrNO2. The SMILES string of the molecule is Cc1ccc(C2=C(O)C(=O)N(CCc3ccccc3)[C@H]2c2ccccc2Br)cc1. The molecule has 4 rings (SSSR count). The predicted molar refractivity (Wildman–Crippen MR) is 119 cm³/mol. The maximum Gasteiger partial charge on any atom is 0.289 e. The van der Waals surface area contributed by atoms with Gasteiger partial charge in [-0.05, 0) is 36.1 Å². The maximum atomic E-state index is 13.1. The van der Waals surface area contributed by atoms with Gasteiger partial charge in [0.2, 0.25) is 0 Å². The van der Waals surface area contributed by atoms with E-state index in [0.717, 1.165) is 33.1 Å². The molecule has 3 aromatic carbocycles. The Morgan fingerprint density at radius 1 is 0.931 bits per heavy atom. The first-order valence-corrected chi connectivity index (χ1v) is 10.4. The second-order valence-electron chi connectivity index (χ2n) is 7.29. The Morgan fingerprint density at radius 2 is 1.59 bits per heavy atom. The van der Waals surface area contributed by atoms with E-state index in [2.05, 4.69) is 28.1 Å². The standard InChI is InChI=1S/C25H22BrNO2/c1-17-11-13-19(14-12-17)22-23(20-9-5-6-10-21(20)26)27(25(29)24(22)28)16-15-18-7-3-2-4-8-18/h2-14,23,28H,15-16H2,1H3/t23-/m0/s1. The molecule has 0 radical (unpaired) electrons. The van der Waals surface area contributed by atoms with Crippen molar-refractivity contribution in [2.45, 2.75) is 19.4 Å². The molecule has 146 valence electrons. The average Bonchev–Trinajstić information content (AvgIpc) is 2.98. The zero-order valence-electron chi connectivity index (χ0n) is 16.2. The van der Waals surface area contributed by atoms with Crippen LogP contribution in [0.15, 0.2) is 89.1 Å². The molecule has 0 unspecified atom stereocenters. The summed E-state index contributed by atoms with van der Waals surface area (Å²) >= 11 is 3.64. The van der Waals surface area contributed by atoms with Gasteiger partial charge in [-0.15, -0.1) is 0 Å². The van der Waals surface area contributed by atoms with Crippen molar-refractivity contribution in [3.05, 3.63) is 111 Å². The van der Waals surface area contributed by atoms with Crippen LogP contribution in [0.4, 0.5) is 0 Å². The van der Waals surface area contributed by atoms with Crippen LogP contribution in [0.25, 0.3) is 5.57 Å². The van der Waals surface area contributed by atoms with Gasteiger partial charge in [-0.1, -0.05) is 94.3 Å². The minimum Gasteiger partial charge on any atom is -0.503 e. The van der Waals surface area contributed by atoms with Gasteiger partial charge in [-0.25, -0.2) is 0 Å². The Balaban J connectivity index is 1.76. The summed E-state index contributed by atoms with van der Waals surface area (Å²) in [4.78, 5) is 14.9. The van der Waals surface area contributed by atoms with Crippen molar-refractivity contribution in [1.29, 1.82) is 0 Å².